The molecular weight excluding hydrogens is 402 g/mol. The Hall–Kier alpha value is -0.630. The molecule has 2 fully saturated rings. The standard InChI is InChI=1S/C15H20BrN3O2S.ClH/c1-18(15(21)12-4-5-13(16)22-12)9-14(20)19-10-2-3-11(19)8-17-7-6-10;/h4-5,10-11,17H,2-3,6-9H2,1H3;1H. The molecule has 3 rings (SSSR count). The summed E-state index contributed by atoms with van der Waals surface area (Å²) >= 11 is 4.76. The van der Waals surface area contributed by atoms with E-state index in [4.69, 9.17) is 0 Å². The minimum atomic E-state index is -0.0932. The average Bonchev–Trinajstić information content (AvgIpc) is 3.00. The number of likely N-dealkylation sites (N-methyl/N-ethyl adjacent to an activating group) is 1. The molecule has 5 nitrogen and oxygen atoms in total. The van der Waals surface area contributed by atoms with E-state index in [1.54, 1.807) is 13.1 Å². The van der Waals surface area contributed by atoms with Crippen LogP contribution in [0.5, 0.6) is 0 Å². The van der Waals surface area contributed by atoms with Crippen LogP contribution in [0.25, 0.3) is 0 Å². The van der Waals surface area contributed by atoms with E-state index in [0.29, 0.717) is 17.0 Å². The van der Waals surface area contributed by atoms with Crippen molar-refractivity contribution in [3.05, 3.63) is 20.8 Å². The van der Waals surface area contributed by atoms with Crippen molar-refractivity contribution in [1.29, 1.82) is 0 Å². The van der Waals surface area contributed by atoms with Gasteiger partial charge in [0.25, 0.3) is 5.91 Å². The number of amides is 2. The van der Waals surface area contributed by atoms with Crippen LogP contribution in [0.1, 0.15) is 28.9 Å². The minimum absolute atomic E-state index is 0. The second-order valence-electron chi connectivity index (χ2n) is 5.94. The van der Waals surface area contributed by atoms with Gasteiger partial charge >= 0.3 is 0 Å². The molecule has 2 saturated heterocycles. The normalized spacial score (nSPS) is 23.1. The summed E-state index contributed by atoms with van der Waals surface area (Å²) in [6.45, 7) is 2.00. The van der Waals surface area contributed by atoms with E-state index in [-0.39, 0.29) is 30.8 Å². The van der Waals surface area contributed by atoms with Gasteiger partial charge in [0.1, 0.15) is 0 Å². The molecule has 8 heteroatoms. The summed E-state index contributed by atoms with van der Waals surface area (Å²) in [6, 6.07) is 4.28. The van der Waals surface area contributed by atoms with Gasteiger partial charge in [-0.25, -0.2) is 0 Å². The number of nitrogens with one attached hydrogen (secondary N) is 1. The first kappa shape index (κ1) is 18.7. The highest BCUT2D eigenvalue weighted by atomic mass is 79.9. The van der Waals surface area contributed by atoms with Crippen molar-refractivity contribution in [1.82, 2.24) is 15.1 Å². The van der Waals surface area contributed by atoms with Crippen LogP contribution in [0.15, 0.2) is 15.9 Å². The Kier molecular flexibility index (Phi) is 6.48. The van der Waals surface area contributed by atoms with Gasteiger partial charge in [-0.2, -0.15) is 0 Å². The lowest BCUT2D eigenvalue weighted by Crippen LogP contribution is -2.47. The summed E-state index contributed by atoms with van der Waals surface area (Å²) in [7, 11) is 1.70. The molecule has 3 heterocycles. The molecule has 0 aliphatic carbocycles. The van der Waals surface area contributed by atoms with Crippen molar-refractivity contribution < 1.29 is 9.59 Å². The molecule has 0 radical (unpaired) electrons. The molecule has 2 unspecified atom stereocenters. The fourth-order valence-electron chi connectivity index (χ4n) is 3.36. The van der Waals surface area contributed by atoms with E-state index >= 15 is 0 Å². The Morgan fingerprint density at radius 2 is 2.09 bits per heavy atom. The van der Waals surface area contributed by atoms with Crippen LogP contribution >= 0.6 is 39.7 Å². The number of fused-ring (bicyclic) bond motifs is 2. The zero-order valence-electron chi connectivity index (χ0n) is 13.0. The average molecular weight is 423 g/mol. The first-order chi connectivity index (χ1) is 10.6. The quantitative estimate of drug-likeness (QED) is 0.813. The van der Waals surface area contributed by atoms with Gasteiger partial charge < -0.3 is 15.1 Å². The predicted molar refractivity (Wildman–Crippen MR) is 97.4 cm³/mol. The van der Waals surface area contributed by atoms with E-state index in [9.17, 15) is 9.59 Å². The van der Waals surface area contributed by atoms with Crippen molar-refractivity contribution in [3.8, 4) is 0 Å². The zero-order chi connectivity index (χ0) is 15.7. The van der Waals surface area contributed by atoms with Crippen molar-refractivity contribution in [2.24, 2.45) is 0 Å². The van der Waals surface area contributed by atoms with Gasteiger partial charge in [-0.05, 0) is 53.9 Å². The summed E-state index contributed by atoms with van der Waals surface area (Å²) in [5.74, 6) is -0.0213. The molecule has 2 amide bonds. The van der Waals surface area contributed by atoms with Gasteiger partial charge in [-0.15, -0.1) is 23.7 Å². The molecule has 0 saturated carbocycles. The summed E-state index contributed by atoms with van der Waals surface area (Å²) in [5, 5.41) is 3.39. The number of nitrogens with zero attached hydrogens (tertiary/aromatic N) is 2. The fourth-order valence-corrected chi connectivity index (χ4v) is 4.74. The zero-order valence-corrected chi connectivity index (χ0v) is 16.2. The van der Waals surface area contributed by atoms with Gasteiger partial charge in [0.05, 0.1) is 15.2 Å². The molecule has 2 bridgehead atoms. The van der Waals surface area contributed by atoms with E-state index in [1.807, 2.05) is 11.0 Å². The number of carbonyl (C=O) groups is 2. The third-order valence-corrected chi connectivity index (χ3v) is 6.06. The van der Waals surface area contributed by atoms with Gasteiger partial charge in [-0.3, -0.25) is 9.59 Å². The third kappa shape index (κ3) is 4.07. The second-order valence-corrected chi connectivity index (χ2v) is 8.41. The highest BCUT2D eigenvalue weighted by molar-refractivity contribution is 9.11. The van der Waals surface area contributed by atoms with E-state index in [0.717, 1.165) is 36.1 Å². The SMILES string of the molecule is CN(CC(=O)N1C2CCNCC1CC2)C(=O)c1ccc(Br)s1.Cl. The van der Waals surface area contributed by atoms with Crippen LogP contribution in [-0.4, -0.2) is 60.4 Å². The van der Waals surface area contributed by atoms with Gasteiger partial charge in [0.15, 0.2) is 0 Å². The Balaban J connectivity index is 0.00000192. The topological polar surface area (TPSA) is 52.7 Å². The largest absolute Gasteiger partial charge is 0.334 e. The Bertz CT molecular complexity index is 569. The monoisotopic (exact) mass is 421 g/mol. The highest BCUT2D eigenvalue weighted by Crippen LogP contribution is 2.28. The van der Waals surface area contributed by atoms with Crippen molar-refractivity contribution in [3.63, 3.8) is 0 Å². The molecule has 0 spiro atoms. The van der Waals surface area contributed by atoms with Crippen molar-refractivity contribution >= 4 is 51.5 Å². The minimum Gasteiger partial charge on any atom is -0.334 e. The van der Waals surface area contributed by atoms with Gasteiger partial charge in [0, 0.05) is 25.7 Å². The lowest BCUT2D eigenvalue weighted by Gasteiger charge is -2.29. The summed E-state index contributed by atoms with van der Waals surface area (Å²) in [5.41, 5.74) is 0. The molecule has 1 aromatic heterocycles. The molecule has 2 atom stereocenters. The summed E-state index contributed by atoms with van der Waals surface area (Å²) in [6.07, 6.45) is 3.17. The van der Waals surface area contributed by atoms with Crippen LogP contribution in [-0.2, 0) is 4.79 Å². The number of carbonyl (C=O) groups excluding carboxylic acids is 2. The predicted octanol–water partition coefficient (Wildman–Crippen LogP) is 2.36. The first-order valence-electron chi connectivity index (χ1n) is 7.59. The number of thiophene rings is 1. The number of hydrogen-bond donors (Lipinski definition) is 1. The molecule has 128 valence electrons. The molecule has 1 N–H and O–H groups in total. The fraction of sp³-hybridized carbons (Fsp3) is 0.600. The smallest absolute Gasteiger partial charge is 0.264 e. The maximum absolute atomic E-state index is 12.7. The maximum atomic E-state index is 12.7. The molecule has 2 aliphatic heterocycles. The van der Waals surface area contributed by atoms with Crippen LogP contribution in [0.2, 0.25) is 0 Å². The second kappa shape index (κ2) is 7.96. The lowest BCUT2D eigenvalue weighted by molar-refractivity contribution is -0.134. The molecule has 23 heavy (non-hydrogen) atoms. The van der Waals surface area contributed by atoms with Crippen LogP contribution < -0.4 is 5.32 Å². The first-order valence-corrected chi connectivity index (χ1v) is 9.20. The molecule has 2 aliphatic rings. The molecular formula is C15H21BrClN3O2S. The van der Waals surface area contributed by atoms with Crippen molar-refractivity contribution in [2.45, 2.75) is 31.3 Å². The van der Waals surface area contributed by atoms with E-state index in [1.165, 1.54) is 16.2 Å². The summed E-state index contributed by atoms with van der Waals surface area (Å²) < 4.78 is 0.923. The lowest BCUT2D eigenvalue weighted by atomic mass is 10.1. The Morgan fingerprint density at radius 1 is 1.35 bits per heavy atom. The van der Waals surface area contributed by atoms with Crippen molar-refractivity contribution in [2.75, 3.05) is 26.7 Å². The Labute approximate surface area is 154 Å². The number of hydrogen-bond acceptors (Lipinski definition) is 4. The highest BCUT2D eigenvalue weighted by Gasteiger charge is 2.38. The van der Waals surface area contributed by atoms with Gasteiger partial charge in [-0.1, -0.05) is 0 Å². The number of halogens is 2. The van der Waals surface area contributed by atoms with E-state index < -0.39 is 0 Å². The third-order valence-electron chi connectivity index (χ3n) is 4.45. The molecule has 1 aromatic rings. The van der Waals surface area contributed by atoms with Gasteiger partial charge in [0.2, 0.25) is 5.91 Å². The van der Waals surface area contributed by atoms with E-state index in [2.05, 4.69) is 21.2 Å². The molecule has 0 aromatic carbocycles. The summed E-state index contributed by atoms with van der Waals surface area (Å²) in [4.78, 5) is 29.2. The van der Waals surface area contributed by atoms with Crippen LogP contribution in [0.4, 0.5) is 0 Å². The van der Waals surface area contributed by atoms with Crippen LogP contribution in [0, 0.1) is 0 Å². The maximum Gasteiger partial charge on any atom is 0.264 e. The Morgan fingerprint density at radius 3 is 2.78 bits per heavy atom. The number of rotatable bonds is 3. The van der Waals surface area contributed by atoms with Crippen LogP contribution in [0.3, 0.4) is 0 Å².